The molecule has 0 saturated carbocycles. The second kappa shape index (κ2) is 9.42. The van der Waals surface area contributed by atoms with Gasteiger partial charge in [-0.1, -0.05) is 89.2 Å². The molecule has 0 aliphatic rings. The topological polar surface area (TPSA) is 30.7 Å². The first-order valence-corrected chi connectivity index (χ1v) is 11.5. The van der Waals surface area contributed by atoms with E-state index in [0.717, 1.165) is 39.7 Å². The van der Waals surface area contributed by atoms with Crippen molar-refractivity contribution in [1.29, 1.82) is 0 Å². The molecule has 0 aliphatic heterocycles. The molecule has 0 amide bonds. The first kappa shape index (κ1) is 19.9. The second-order valence-electron chi connectivity index (χ2n) is 6.83. The van der Waals surface area contributed by atoms with Crippen molar-refractivity contribution in [2.75, 3.05) is 0 Å². The monoisotopic (exact) mass is 463 g/mol. The van der Waals surface area contributed by atoms with E-state index < -0.39 is 0 Å². The lowest BCUT2D eigenvalue weighted by Crippen LogP contribution is -2.04. The predicted molar refractivity (Wildman–Crippen MR) is 124 cm³/mol. The minimum Gasteiger partial charge on any atom is -0.274 e. The quantitative estimate of drug-likeness (QED) is 0.294. The number of halogens is 1. The molecular formula is C24H22BrN3S. The highest BCUT2D eigenvalue weighted by Gasteiger charge is 2.15. The van der Waals surface area contributed by atoms with Crippen LogP contribution in [0, 0.1) is 0 Å². The maximum Gasteiger partial charge on any atom is 0.196 e. The maximum absolute atomic E-state index is 4.54. The van der Waals surface area contributed by atoms with Crippen LogP contribution in [0.5, 0.6) is 0 Å². The molecule has 0 bridgehead atoms. The van der Waals surface area contributed by atoms with Crippen LogP contribution in [0.1, 0.15) is 29.4 Å². The summed E-state index contributed by atoms with van der Waals surface area (Å²) in [5.41, 5.74) is 4.93. The number of benzene rings is 3. The normalized spacial score (nSPS) is 11.0. The Morgan fingerprint density at radius 3 is 2.17 bits per heavy atom. The molecule has 0 fully saturated rings. The molecule has 146 valence electrons. The molecule has 0 N–H and O–H groups in total. The summed E-state index contributed by atoms with van der Waals surface area (Å²) in [6.07, 6.45) is 1.78. The minimum atomic E-state index is 0.752. The summed E-state index contributed by atoms with van der Waals surface area (Å²) in [7, 11) is 0. The summed E-state index contributed by atoms with van der Waals surface area (Å²) >= 11 is 5.21. The molecule has 0 aliphatic carbocycles. The molecule has 4 rings (SSSR count). The number of hydrogen-bond donors (Lipinski definition) is 0. The van der Waals surface area contributed by atoms with Gasteiger partial charge in [0.2, 0.25) is 0 Å². The van der Waals surface area contributed by atoms with E-state index in [2.05, 4.69) is 110 Å². The Labute approximate surface area is 184 Å². The van der Waals surface area contributed by atoms with Crippen LogP contribution in [0.25, 0.3) is 5.69 Å². The lowest BCUT2D eigenvalue weighted by Gasteiger charge is -2.11. The Bertz CT molecular complexity index is 1060. The van der Waals surface area contributed by atoms with E-state index in [9.17, 15) is 0 Å². The number of rotatable bonds is 7. The van der Waals surface area contributed by atoms with Gasteiger partial charge in [0.15, 0.2) is 5.16 Å². The van der Waals surface area contributed by atoms with Crippen molar-refractivity contribution in [3.63, 3.8) is 0 Å². The van der Waals surface area contributed by atoms with Gasteiger partial charge in [-0.3, -0.25) is 4.57 Å². The zero-order chi connectivity index (χ0) is 20.1. The van der Waals surface area contributed by atoms with Crippen LogP contribution in [0.2, 0.25) is 0 Å². The summed E-state index contributed by atoms with van der Waals surface area (Å²) in [4.78, 5) is 0. The lowest BCUT2D eigenvalue weighted by molar-refractivity contribution is 0.846. The largest absolute Gasteiger partial charge is 0.274 e. The van der Waals surface area contributed by atoms with Crippen LogP contribution in [0.15, 0.2) is 88.5 Å². The fourth-order valence-electron chi connectivity index (χ4n) is 3.16. The van der Waals surface area contributed by atoms with Crippen LogP contribution in [0.4, 0.5) is 0 Å². The van der Waals surface area contributed by atoms with Crippen LogP contribution in [0.3, 0.4) is 0 Å². The summed E-state index contributed by atoms with van der Waals surface area (Å²) in [6.45, 7) is 2.17. The van der Waals surface area contributed by atoms with Crippen LogP contribution in [-0.4, -0.2) is 14.8 Å². The number of hydrogen-bond acceptors (Lipinski definition) is 3. The van der Waals surface area contributed by atoms with Gasteiger partial charge >= 0.3 is 0 Å². The Hall–Kier alpha value is -2.37. The number of aromatic nitrogens is 3. The van der Waals surface area contributed by atoms with Gasteiger partial charge in [-0.05, 0) is 47.4 Å². The fraction of sp³-hybridized carbons (Fsp3) is 0.167. The predicted octanol–water partition coefficient (Wildman–Crippen LogP) is 6.48. The van der Waals surface area contributed by atoms with Gasteiger partial charge < -0.3 is 0 Å². The maximum atomic E-state index is 4.54. The van der Waals surface area contributed by atoms with Crippen molar-refractivity contribution in [1.82, 2.24) is 14.8 Å². The highest BCUT2D eigenvalue weighted by Crippen LogP contribution is 2.27. The van der Waals surface area contributed by atoms with E-state index in [1.807, 2.05) is 6.07 Å². The summed E-state index contributed by atoms with van der Waals surface area (Å²) in [5.74, 6) is 1.81. The first-order valence-electron chi connectivity index (χ1n) is 9.67. The fourth-order valence-corrected chi connectivity index (χ4v) is 4.35. The van der Waals surface area contributed by atoms with Crippen LogP contribution in [-0.2, 0) is 18.6 Å². The van der Waals surface area contributed by atoms with Gasteiger partial charge in [-0.25, -0.2) is 0 Å². The van der Waals surface area contributed by atoms with Crippen LogP contribution < -0.4 is 0 Å². The van der Waals surface area contributed by atoms with Crippen molar-refractivity contribution in [3.8, 4) is 5.69 Å². The molecule has 29 heavy (non-hydrogen) atoms. The Morgan fingerprint density at radius 2 is 1.48 bits per heavy atom. The molecule has 5 heteroatoms. The summed E-state index contributed by atoms with van der Waals surface area (Å²) < 4.78 is 3.28. The lowest BCUT2D eigenvalue weighted by atomic mass is 10.1. The third-order valence-corrected chi connectivity index (χ3v) is 6.32. The van der Waals surface area contributed by atoms with Crippen LogP contribution >= 0.6 is 27.7 Å². The van der Waals surface area contributed by atoms with E-state index in [1.54, 1.807) is 11.8 Å². The molecule has 4 aromatic rings. The molecule has 0 spiro atoms. The Kier molecular flexibility index (Phi) is 6.47. The van der Waals surface area contributed by atoms with E-state index in [-0.39, 0.29) is 0 Å². The van der Waals surface area contributed by atoms with E-state index in [0.29, 0.717) is 0 Å². The highest BCUT2D eigenvalue weighted by molar-refractivity contribution is 9.10. The van der Waals surface area contributed by atoms with Crippen molar-refractivity contribution in [2.45, 2.75) is 30.7 Å². The Balaban J connectivity index is 1.65. The van der Waals surface area contributed by atoms with E-state index in [1.165, 1.54) is 16.7 Å². The molecule has 3 nitrogen and oxygen atoms in total. The molecule has 1 aromatic heterocycles. The molecule has 0 unspecified atom stereocenters. The first-order chi connectivity index (χ1) is 14.2. The van der Waals surface area contributed by atoms with Crippen molar-refractivity contribution < 1.29 is 0 Å². The average molecular weight is 464 g/mol. The van der Waals surface area contributed by atoms with Gasteiger partial charge in [0, 0.05) is 22.3 Å². The SMILES string of the molecule is CCc1ccc(-n2c(Cc3ccccc3)nnc2SCc2ccc(Br)cc2)cc1. The van der Waals surface area contributed by atoms with Gasteiger partial charge in [0.25, 0.3) is 0 Å². The molecule has 0 saturated heterocycles. The smallest absolute Gasteiger partial charge is 0.196 e. The van der Waals surface area contributed by atoms with Gasteiger partial charge in [0.05, 0.1) is 0 Å². The Morgan fingerprint density at radius 1 is 0.793 bits per heavy atom. The summed E-state index contributed by atoms with van der Waals surface area (Å²) in [6, 6.07) is 27.6. The number of nitrogens with zero attached hydrogens (tertiary/aromatic N) is 3. The third kappa shape index (κ3) is 4.98. The standard InChI is InChI=1S/C24H22BrN3S/c1-2-18-10-14-22(15-11-18)28-23(16-19-6-4-3-5-7-19)26-27-24(28)29-17-20-8-12-21(25)13-9-20/h3-15H,2,16-17H2,1H3. The van der Waals surface area contributed by atoms with Gasteiger partial charge in [-0.2, -0.15) is 0 Å². The molecular weight excluding hydrogens is 442 g/mol. The minimum absolute atomic E-state index is 0.752. The summed E-state index contributed by atoms with van der Waals surface area (Å²) in [5, 5.41) is 9.99. The van der Waals surface area contributed by atoms with E-state index in [4.69, 9.17) is 0 Å². The number of aryl methyl sites for hydroxylation is 1. The van der Waals surface area contributed by atoms with Gasteiger partial charge in [-0.15, -0.1) is 10.2 Å². The second-order valence-corrected chi connectivity index (χ2v) is 8.69. The molecule has 0 atom stereocenters. The molecule has 0 radical (unpaired) electrons. The van der Waals surface area contributed by atoms with Crippen molar-refractivity contribution in [3.05, 3.63) is 106 Å². The zero-order valence-corrected chi connectivity index (χ0v) is 18.7. The third-order valence-electron chi connectivity index (χ3n) is 4.79. The van der Waals surface area contributed by atoms with E-state index >= 15 is 0 Å². The average Bonchev–Trinajstić information content (AvgIpc) is 3.16. The van der Waals surface area contributed by atoms with Crippen molar-refractivity contribution >= 4 is 27.7 Å². The highest BCUT2D eigenvalue weighted by atomic mass is 79.9. The number of thioether (sulfide) groups is 1. The molecule has 1 heterocycles. The zero-order valence-electron chi connectivity index (χ0n) is 16.3. The van der Waals surface area contributed by atoms with Gasteiger partial charge in [0.1, 0.15) is 5.82 Å². The molecule has 3 aromatic carbocycles. The van der Waals surface area contributed by atoms with Crippen molar-refractivity contribution in [2.24, 2.45) is 0 Å².